The molecular weight excluding hydrogens is 444 g/mol. The Morgan fingerprint density at radius 1 is 1.24 bits per heavy atom. The van der Waals surface area contributed by atoms with Crippen LogP contribution in [0.2, 0.25) is 0 Å². The van der Waals surface area contributed by atoms with E-state index in [2.05, 4.69) is 6.07 Å². The second-order valence-electron chi connectivity index (χ2n) is 9.83. The average molecular weight is 473 g/mol. The largest absolute Gasteiger partial charge is 0.483 e. The molecule has 176 valence electrons. The molecule has 0 N–H and O–H groups in total. The van der Waals surface area contributed by atoms with Crippen LogP contribution in [0.25, 0.3) is 6.08 Å². The molecule has 9 heteroatoms. The normalized spacial score (nSPS) is 24.6. The van der Waals surface area contributed by atoms with E-state index in [1.54, 1.807) is 4.90 Å². The van der Waals surface area contributed by atoms with Gasteiger partial charge in [0.15, 0.2) is 0 Å². The van der Waals surface area contributed by atoms with Gasteiger partial charge in [-0.05, 0) is 49.6 Å². The number of amides is 1. The summed E-state index contributed by atoms with van der Waals surface area (Å²) in [5.74, 6) is 0.468. The van der Waals surface area contributed by atoms with Crippen molar-refractivity contribution in [3.8, 4) is 11.8 Å². The molecule has 0 fully saturated rings. The number of fused-ring (bicyclic) bond motifs is 4. The average Bonchev–Trinajstić information content (AvgIpc) is 3.08. The lowest BCUT2D eigenvalue weighted by Crippen LogP contribution is -2.48. The van der Waals surface area contributed by atoms with Gasteiger partial charge in [0.05, 0.1) is 30.0 Å². The Hall–Kier alpha value is -2.67. The number of nitriles is 1. The fraction of sp³-hybridized carbons (Fsp3) is 0.500. The van der Waals surface area contributed by atoms with Gasteiger partial charge in [0.1, 0.15) is 18.1 Å². The maximum atomic E-state index is 14.1. The van der Waals surface area contributed by atoms with Gasteiger partial charge in [0.25, 0.3) is 10.1 Å². The molecule has 1 aromatic carbocycles. The molecule has 0 bridgehead atoms. The fourth-order valence-corrected chi connectivity index (χ4v) is 5.71. The van der Waals surface area contributed by atoms with E-state index in [0.29, 0.717) is 22.6 Å². The first-order valence-corrected chi connectivity index (χ1v) is 12.4. The minimum atomic E-state index is -3.72. The molecule has 8 nitrogen and oxygen atoms in total. The topological polar surface area (TPSA) is 106 Å². The van der Waals surface area contributed by atoms with Crippen molar-refractivity contribution in [2.75, 3.05) is 31.6 Å². The Morgan fingerprint density at radius 2 is 1.94 bits per heavy atom. The third-order valence-electron chi connectivity index (χ3n) is 6.88. The molecular formula is C24H28N2O6S. The molecule has 0 saturated carbocycles. The van der Waals surface area contributed by atoms with Crippen molar-refractivity contribution in [1.29, 1.82) is 5.26 Å². The number of hydrogen-bond donors (Lipinski definition) is 0. The Kier molecular flexibility index (Phi) is 5.28. The predicted molar refractivity (Wildman–Crippen MR) is 123 cm³/mol. The number of carbonyl (C=O) groups is 1. The highest BCUT2D eigenvalue weighted by atomic mass is 32.2. The summed E-state index contributed by atoms with van der Waals surface area (Å²) >= 11 is 0. The summed E-state index contributed by atoms with van der Waals surface area (Å²) in [6.07, 6.45) is 5.05. The van der Waals surface area contributed by atoms with Crippen molar-refractivity contribution >= 4 is 27.8 Å². The lowest BCUT2D eigenvalue weighted by Gasteiger charge is -2.38. The number of nitrogens with zero attached hydrogens (tertiary/aromatic N) is 2. The van der Waals surface area contributed by atoms with Crippen LogP contribution in [0.5, 0.6) is 5.75 Å². The zero-order chi connectivity index (χ0) is 24.4. The quantitative estimate of drug-likeness (QED) is 0.606. The Labute approximate surface area is 194 Å². The Morgan fingerprint density at radius 3 is 2.55 bits per heavy atom. The summed E-state index contributed by atoms with van der Waals surface area (Å²) in [6, 6.07) is 5.97. The molecule has 3 aliphatic rings. The SMILES string of the molecule is COCN1C(=O)[C@@]2(CC(COS(C)(=O)=O)=C(C#N)C2(C)C)c2ccc3c(c21)C=CC(C)(C)O3. The van der Waals surface area contributed by atoms with Crippen LogP contribution in [-0.4, -0.2) is 46.6 Å². The van der Waals surface area contributed by atoms with Crippen molar-refractivity contribution in [3.05, 3.63) is 40.5 Å². The third-order valence-corrected chi connectivity index (χ3v) is 7.43. The van der Waals surface area contributed by atoms with Crippen molar-refractivity contribution in [2.45, 2.75) is 45.1 Å². The van der Waals surface area contributed by atoms with Crippen LogP contribution in [0.15, 0.2) is 29.4 Å². The van der Waals surface area contributed by atoms with Gasteiger partial charge in [0.2, 0.25) is 5.91 Å². The van der Waals surface area contributed by atoms with E-state index in [4.69, 9.17) is 13.7 Å². The van der Waals surface area contributed by atoms with Crippen LogP contribution in [0.3, 0.4) is 0 Å². The molecule has 1 aromatic rings. The van der Waals surface area contributed by atoms with Crippen molar-refractivity contribution in [1.82, 2.24) is 0 Å². The first-order chi connectivity index (χ1) is 15.3. The standard InChI is InChI=1S/C24H28N2O6S/c1-22(2)10-9-16-19(32-22)8-7-17-20(16)26(14-30-5)21(27)24(17)11-15(13-31-33(6,28)29)18(12-25)23(24,3)4/h7-10H,11,13-14H2,1-6H3/t24-/m1/s1. The maximum Gasteiger partial charge on any atom is 0.264 e. The van der Waals surface area contributed by atoms with E-state index < -0.39 is 26.5 Å². The van der Waals surface area contributed by atoms with Crippen LogP contribution in [0, 0.1) is 16.7 Å². The van der Waals surface area contributed by atoms with E-state index in [9.17, 15) is 18.5 Å². The molecule has 1 aliphatic carbocycles. The van der Waals surface area contributed by atoms with E-state index in [1.165, 1.54) is 7.11 Å². The number of methoxy groups -OCH3 is 1. The molecule has 0 saturated heterocycles. The van der Waals surface area contributed by atoms with Gasteiger partial charge < -0.3 is 9.47 Å². The number of benzene rings is 1. The van der Waals surface area contributed by atoms with E-state index in [-0.39, 0.29) is 25.7 Å². The van der Waals surface area contributed by atoms with Crippen LogP contribution in [-0.2, 0) is 29.2 Å². The molecule has 0 unspecified atom stereocenters. The van der Waals surface area contributed by atoms with Gasteiger partial charge in [-0.2, -0.15) is 13.7 Å². The van der Waals surface area contributed by atoms with Crippen LogP contribution in [0.1, 0.15) is 45.2 Å². The van der Waals surface area contributed by atoms with Crippen LogP contribution >= 0.6 is 0 Å². The molecule has 1 amide bonds. The number of allylic oxidation sites excluding steroid dienone is 1. The van der Waals surface area contributed by atoms with Crippen molar-refractivity contribution in [3.63, 3.8) is 0 Å². The number of hydrogen-bond acceptors (Lipinski definition) is 7. The maximum absolute atomic E-state index is 14.1. The van der Waals surface area contributed by atoms with Gasteiger partial charge in [0, 0.05) is 23.7 Å². The number of carbonyl (C=O) groups excluding carboxylic acids is 1. The summed E-state index contributed by atoms with van der Waals surface area (Å²) in [5.41, 5.74) is 0.643. The zero-order valence-corrected chi connectivity index (χ0v) is 20.5. The summed E-state index contributed by atoms with van der Waals surface area (Å²) in [4.78, 5) is 15.7. The summed E-state index contributed by atoms with van der Waals surface area (Å²) in [6.45, 7) is 7.39. The minimum Gasteiger partial charge on any atom is -0.483 e. The second-order valence-corrected chi connectivity index (χ2v) is 11.5. The second kappa shape index (κ2) is 7.42. The Balaban J connectivity index is 1.92. The number of ether oxygens (including phenoxy) is 2. The van der Waals surface area contributed by atoms with Crippen molar-refractivity contribution in [2.24, 2.45) is 5.41 Å². The summed E-state index contributed by atoms with van der Waals surface area (Å²) in [5, 5.41) is 10.0. The summed E-state index contributed by atoms with van der Waals surface area (Å²) in [7, 11) is -2.20. The van der Waals surface area contributed by atoms with E-state index in [0.717, 1.165) is 17.4 Å². The molecule has 0 radical (unpaired) electrons. The van der Waals surface area contributed by atoms with Gasteiger partial charge in [-0.1, -0.05) is 19.9 Å². The van der Waals surface area contributed by atoms with E-state index in [1.807, 2.05) is 52.0 Å². The van der Waals surface area contributed by atoms with Gasteiger partial charge in [-0.3, -0.25) is 13.9 Å². The smallest absolute Gasteiger partial charge is 0.264 e. The predicted octanol–water partition coefficient (Wildman–Crippen LogP) is 3.29. The fourth-order valence-electron chi connectivity index (χ4n) is 5.36. The first kappa shape index (κ1) is 23.5. The molecule has 1 spiro atoms. The van der Waals surface area contributed by atoms with Crippen LogP contribution in [0.4, 0.5) is 5.69 Å². The number of rotatable bonds is 5. The van der Waals surface area contributed by atoms with Gasteiger partial charge >= 0.3 is 0 Å². The monoisotopic (exact) mass is 472 g/mol. The minimum absolute atomic E-state index is 0.0361. The molecule has 33 heavy (non-hydrogen) atoms. The molecule has 1 atom stereocenters. The van der Waals surface area contributed by atoms with Crippen molar-refractivity contribution < 1.29 is 26.9 Å². The molecule has 2 heterocycles. The lowest BCUT2D eigenvalue weighted by molar-refractivity contribution is -0.126. The highest BCUT2D eigenvalue weighted by Gasteiger charge is 2.65. The third kappa shape index (κ3) is 3.39. The first-order valence-electron chi connectivity index (χ1n) is 10.6. The number of anilines is 1. The highest BCUT2D eigenvalue weighted by Crippen LogP contribution is 2.63. The van der Waals surface area contributed by atoms with Gasteiger partial charge in [-0.15, -0.1) is 0 Å². The molecule has 4 rings (SSSR count). The highest BCUT2D eigenvalue weighted by molar-refractivity contribution is 7.86. The lowest BCUT2D eigenvalue weighted by atomic mass is 9.62. The zero-order valence-electron chi connectivity index (χ0n) is 19.7. The molecule has 2 aliphatic heterocycles. The summed E-state index contributed by atoms with van der Waals surface area (Å²) < 4.78 is 39.8. The van der Waals surface area contributed by atoms with Gasteiger partial charge in [-0.25, -0.2) is 0 Å². The Bertz CT molecular complexity index is 1250. The molecule has 0 aromatic heterocycles. The van der Waals surface area contributed by atoms with Crippen LogP contribution < -0.4 is 9.64 Å². The van der Waals surface area contributed by atoms with E-state index >= 15 is 0 Å².